The minimum absolute atomic E-state index is 0.0212. The van der Waals surface area contributed by atoms with Gasteiger partial charge >= 0.3 is 0 Å². The van der Waals surface area contributed by atoms with Gasteiger partial charge in [-0.2, -0.15) is 0 Å². The molecule has 0 spiro atoms. The number of aliphatic hydroxyl groups excluding tert-OH is 1. The minimum atomic E-state index is -1.25. The van der Waals surface area contributed by atoms with Gasteiger partial charge in [0, 0.05) is 25.5 Å². The van der Waals surface area contributed by atoms with Gasteiger partial charge < -0.3 is 10.4 Å². The van der Waals surface area contributed by atoms with E-state index in [1.54, 1.807) is 12.4 Å². The summed E-state index contributed by atoms with van der Waals surface area (Å²) >= 11 is 0. The Bertz CT molecular complexity index is 555. The lowest BCUT2D eigenvalue weighted by Gasteiger charge is -2.13. The van der Waals surface area contributed by atoms with E-state index in [1.165, 1.54) is 6.07 Å². The Hall–Kier alpha value is -1.92. The van der Waals surface area contributed by atoms with Crippen LogP contribution in [-0.2, 0) is 6.54 Å². The van der Waals surface area contributed by atoms with E-state index < -0.39 is 17.7 Å². The molecule has 20 heavy (non-hydrogen) atoms. The minimum Gasteiger partial charge on any atom is -0.387 e. The van der Waals surface area contributed by atoms with Crippen LogP contribution in [0.5, 0.6) is 0 Å². The van der Waals surface area contributed by atoms with Gasteiger partial charge in [0.05, 0.1) is 23.1 Å². The first-order valence-electron chi connectivity index (χ1n) is 6.18. The Morgan fingerprint density at radius 1 is 1.20 bits per heavy atom. The summed E-state index contributed by atoms with van der Waals surface area (Å²) < 4.78 is 26.9. The van der Waals surface area contributed by atoms with E-state index in [1.807, 2.05) is 6.92 Å². The Balaban J connectivity index is 1.92. The molecule has 0 aliphatic rings. The molecule has 0 aliphatic carbocycles. The molecule has 0 bridgehead atoms. The van der Waals surface area contributed by atoms with Crippen LogP contribution in [0.15, 0.2) is 30.6 Å². The molecule has 2 aromatic rings. The predicted molar refractivity (Wildman–Crippen MR) is 69.8 cm³/mol. The summed E-state index contributed by atoms with van der Waals surface area (Å²) in [5, 5.41) is 12.7. The SMILES string of the molecule is Cc1cnc(CNCC(O)c2c(F)cccc2F)cn1. The summed E-state index contributed by atoms with van der Waals surface area (Å²) in [6.45, 7) is 2.21. The lowest BCUT2D eigenvalue weighted by atomic mass is 10.1. The fourth-order valence-corrected chi connectivity index (χ4v) is 1.78. The van der Waals surface area contributed by atoms with E-state index >= 15 is 0 Å². The Morgan fingerprint density at radius 3 is 2.50 bits per heavy atom. The molecule has 1 unspecified atom stereocenters. The molecule has 1 atom stereocenters. The van der Waals surface area contributed by atoms with Crippen LogP contribution in [0, 0.1) is 18.6 Å². The quantitative estimate of drug-likeness (QED) is 0.877. The van der Waals surface area contributed by atoms with Gasteiger partial charge in [-0.3, -0.25) is 9.97 Å². The van der Waals surface area contributed by atoms with E-state index in [-0.39, 0.29) is 12.1 Å². The van der Waals surface area contributed by atoms with Crippen LogP contribution in [-0.4, -0.2) is 21.6 Å². The average molecular weight is 279 g/mol. The Morgan fingerprint density at radius 2 is 1.90 bits per heavy atom. The zero-order chi connectivity index (χ0) is 14.5. The van der Waals surface area contributed by atoms with Crippen molar-refractivity contribution in [2.75, 3.05) is 6.54 Å². The monoisotopic (exact) mass is 279 g/mol. The second kappa shape index (κ2) is 6.49. The summed E-state index contributed by atoms with van der Waals surface area (Å²) in [5.41, 5.74) is 1.18. The van der Waals surface area contributed by atoms with E-state index in [9.17, 15) is 13.9 Å². The van der Waals surface area contributed by atoms with Gasteiger partial charge in [-0.25, -0.2) is 8.78 Å². The fourth-order valence-electron chi connectivity index (χ4n) is 1.78. The number of aliphatic hydroxyl groups is 1. The molecule has 106 valence electrons. The summed E-state index contributed by atoms with van der Waals surface area (Å²) in [6, 6.07) is 3.50. The van der Waals surface area contributed by atoms with Crippen molar-refractivity contribution in [1.29, 1.82) is 0 Å². The molecule has 1 aromatic carbocycles. The second-order valence-corrected chi connectivity index (χ2v) is 4.43. The first-order valence-corrected chi connectivity index (χ1v) is 6.18. The topological polar surface area (TPSA) is 58.0 Å². The first-order chi connectivity index (χ1) is 9.58. The molecular weight excluding hydrogens is 264 g/mol. The lowest BCUT2D eigenvalue weighted by molar-refractivity contribution is 0.164. The van der Waals surface area contributed by atoms with E-state index in [2.05, 4.69) is 15.3 Å². The van der Waals surface area contributed by atoms with E-state index in [4.69, 9.17) is 0 Å². The highest BCUT2D eigenvalue weighted by atomic mass is 19.1. The van der Waals surface area contributed by atoms with Crippen LogP contribution in [0.2, 0.25) is 0 Å². The third kappa shape index (κ3) is 3.55. The highest BCUT2D eigenvalue weighted by Crippen LogP contribution is 2.19. The van der Waals surface area contributed by atoms with Crippen molar-refractivity contribution in [3.05, 3.63) is 59.2 Å². The van der Waals surface area contributed by atoms with Gasteiger partial charge in [0.2, 0.25) is 0 Å². The number of hydrogen-bond acceptors (Lipinski definition) is 4. The summed E-state index contributed by atoms with van der Waals surface area (Å²) in [4.78, 5) is 8.21. The summed E-state index contributed by atoms with van der Waals surface area (Å²) in [5.74, 6) is -1.51. The molecule has 0 radical (unpaired) electrons. The lowest BCUT2D eigenvalue weighted by Crippen LogP contribution is -2.23. The summed E-state index contributed by atoms with van der Waals surface area (Å²) in [7, 11) is 0. The van der Waals surface area contributed by atoms with Crippen molar-refractivity contribution >= 4 is 0 Å². The first kappa shape index (κ1) is 14.5. The molecular formula is C14H15F2N3O. The molecule has 1 aromatic heterocycles. The molecule has 2 rings (SSSR count). The number of hydrogen-bond donors (Lipinski definition) is 2. The summed E-state index contributed by atoms with van der Waals surface area (Å²) in [6.07, 6.45) is 1.98. The second-order valence-electron chi connectivity index (χ2n) is 4.43. The molecule has 2 N–H and O–H groups in total. The maximum atomic E-state index is 13.4. The third-order valence-corrected chi connectivity index (χ3v) is 2.81. The van der Waals surface area contributed by atoms with Crippen LogP contribution in [0.1, 0.15) is 23.1 Å². The van der Waals surface area contributed by atoms with Crippen molar-refractivity contribution in [1.82, 2.24) is 15.3 Å². The zero-order valence-corrected chi connectivity index (χ0v) is 11.0. The van der Waals surface area contributed by atoms with E-state index in [0.717, 1.165) is 17.8 Å². The van der Waals surface area contributed by atoms with Gasteiger partial charge in [0.15, 0.2) is 0 Å². The highest BCUT2D eigenvalue weighted by Gasteiger charge is 2.17. The van der Waals surface area contributed by atoms with Crippen LogP contribution >= 0.6 is 0 Å². The van der Waals surface area contributed by atoms with Crippen LogP contribution in [0.3, 0.4) is 0 Å². The maximum Gasteiger partial charge on any atom is 0.131 e. The van der Waals surface area contributed by atoms with Crippen molar-refractivity contribution in [2.45, 2.75) is 19.6 Å². The number of halogens is 2. The Kier molecular flexibility index (Phi) is 4.70. The average Bonchev–Trinajstić information content (AvgIpc) is 2.41. The predicted octanol–water partition coefficient (Wildman–Crippen LogP) is 1.89. The van der Waals surface area contributed by atoms with Crippen LogP contribution < -0.4 is 5.32 Å². The number of benzene rings is 1. The van der Waals surface area contributed by atoms with E-state index in [0.29, 0.717) is 12.2 Å². The highest BCUT2D eigenvalue weighted by molar-refractivity contribution is 5.22. The normalized spacial score (nSPS) is 12.4. The van der Waals surface area contributed by atoms with Crippen LogP contribution in [0.4, 0.5) is 8.78 Å². The number of nitrogens with one attached hydrogen (secondary N) is 1. The van der Waals surface area contributed by atoms with Crippen molar-refractivity contribution in [2.24, 2.45) is 0 Å². The third-order valence-electron chi connectivity index (χ3n) is 2.81. The molecule has 0 fully saturated rings. The number of nitrogens with zero attached hydrogens (tertiary/aromatic N) is 2. The maximum absolute atomic E-state index is 13.4. The molecule has 0 saturated carbocycles. The number of aryl methyl sites for hydroxylation is 1. The van der Waals surface area contributed by atoms with Crippen molar-refractivity contribution in [3.63, 3.8) is 0 Å². The largest absolute Gasteiger partial charge is 0.387 e. The fraction of sp³-hybridized carbons (Fsp3) is 0.286. The van der Waals surface area contributed by atoms with Gasteiger partial charge in [-0.1, -0.05) is 6.07 Å². The molecule has 1 heterocycles. The van der Waals surface area contributed by atoms with Gasteiger partial charge in [-0.05, 0) is 19.1 Å². The smallest absolute Gasteiger partial charge is 0.131 e. The van der Waals surface area contributed by atoms with Gasteiger partial charge in [-0.15, -0.1) is 0 Å². The molecule has 0 amide bonds. The van der Waals surface area contributed by atoms with Gasteiger partial charge in [0.25, 0.3) is 0 Å². The van der Waals surface area contributed by atoms with Crippen molar-refractivity contribution < 1.29 is 13.9 Å². The molecule has 6 heteroatoms. The van der Waals surface area contributed by atoms with Crippen molar-refractivity contribution in [3.8, 4) is 0 Å². The molecule has 0 saturated heterocycles. The molecule has 4 nitrogen and oxygen atoms in total. The van der Waals surface area contributed by atoms with Crippen LogP contribution in [0.25, 0.3) is 0 Å². The number of rotatable bonds is 5. The standard InChI is InChI=1S/C14H15F2N3O/c1-9-5-19-10(7-18-9)6-17-8-13(20)14-11(15)3-2-4-12(14)16/h2-5,7,13,17,20H,6,8H2,1H3. The molecule has 0 aliphatic heterocycles. The Labute approximate surface area is 115 Å². The zero-order valence-electron chi connectivity index (χ0n) is 11.0. The van der Waals surface area contributed by atoms with Gasteiger partial charge in [0.1, 0.15) is 11.6 Å². The number of aromatic nitrogens is 2.